The lowest BCUT2D eigenvalue weighted by Gasteiger charge is -2.14. The topological polar surface area (TPSA) is 124 Å². The number of carbonyl (C=O) groups excluding carboxylic acids is 1. The quantitative estimate of drug-likeness (QED) is 0.308. The van der Waals surface area contributed by atoms with Crippen molar-refractivity contribution in [1.82, 2.24) is 19.4 Å². The van der Waals surface area contributed by atoms with Gasteiger partial charge in [0.05, 0.1) is 17.6 Å². The van der Waals surface area contributed by atoms with Gasteiger partial charge in [-0.05, 0) is 35.2 Å². The molecule has 0 fully saturated rings. The maximum absolute atomic E-state index is 13.2. The Bertz CT molecular complexity index is 1810. The average Bonchev–Trinajstić information content (AvgIpc) is 3.40. The average molecular weight is 543 g/mol. The molecule has 10 heteroatoms. The minimum absolute atomic E-state index is 0.0163. The number of nitrogens with one attached hydrogen (secondary N) is 1. The fourth-order valence-electron chi connectivity index (χ4n) is 4.32. The molecule has 5 rings (SSSR count). The Balaban J connectivity index is 1.44. The van der Waals surface area contributed by atoms with Crippen LogP contribution in [0.4, 0.5) is 0 Å². The molecule has 0 aliphatic heterocycles. The summed E-state index contributed by atoms with van der Waals surface area (Å²) in [6, 6.07) is 21.9. The van der Waals surface area contributed by atoms with Crippen LogP contribution in [-0.4, -0.2) is 29.0 Å². The van der Waals surface area contributed by atoms with Crippen LogP contribution in [0.15, 0.2) is 99.3 Å². The fraction of sp³-hybridized carbons (Fsp3) is 0.172. The highest BCUT2D eigenvalue weighted by molar-refractivity contribution is 7.90. The molecule has 9 nitrogen and oxygen atoms in total. The predicted octanol–water partition coefficient (Wildman–Crippen LogP) is 4.42. The van der Waals surface area contributed by atoms with Crippen molar-refractivity contribution in [3.8, 4) is 11.1 Å². The summed E-state index contributed by atoms with van der Waals surface area (Å²) in [7, 11) is -4.15. The van der Waals surface area contributed by atoms with E-state index in [9.17, 15) is 18.0 Å². The first kappa shape index (κ1) is 26.1. The lowest BCUT2D eigenvalue weighted by atomic mass is 10.0. The molecular weight excluding hydrogens is 516 g/mol. The lowest BCUT2D eigenvalue weighted by molar-refractivity contribution is 0.0981. The first-order chi connectivity index (χ1) is 18.7. The van der Waals surface area contributed by atoms with Crippen molar-refractivity contribution in [3.63, 3.8) is 0 Å². The number of hydrogen-bond donors (Lipinski definition) is 1. The van der Waals surface area contributed by atoms with Crippen molar-refractivity contribution in [1.29, 1.82) is 0 Å². The van der Waals surface area contributed by atoms with E-state index >= 15 is 0 Å². The summed E-state index contributed by atoms with van der Waals surface area (Å²) < 4.78 is 35.2. The first-order valence-electron chi connectivity index (χ1n) is 12.4. The molecule has 39 heavy (non-hydrogen) atoms. The highest BCUT2D eigenvalue weighted by atomic mass is 32.2. The van der Waals surface area contributed by atoms with E-state index in [4.69, 9.17) is 4.52 Å². The number of aromatic nitrogens is 3. The zero-order valence-electron chi connectivity index (χ0n) is 21.4. The van der Waals surface area contributed by atoms with E-state index in [1.807, 2.05) is 12.1 Å². The van der Waals surface area contributed by atoms with E-state index < -0.39 is 15.9 Å². The van der Waals surface area contributed by atoms with E-state index in [2.05, 4.69) is 28.7 Å². The van der Waals surface area contributed by atoms with E-state index in [0.29, 0.717) is 28.9 Å². The molecule has 2 aromatic heterocycles. The molecule has 0 saturated carbocycles. The second kappa shape index (κ2) is 10.7. The number of fused-ring (bicyclic) bond motifs is 1. The number of rotatable bonds is 8. The second-order valence-corrected chi connectivity index (χ2v) is 11.2. The number of amides is 1. The van der Waals surface area contributed by atoms with Gasteiger partial charge >= 0.3 is 0 Å². The fourth-order valence-corrected chi connectivity index (χ4v) is 5.53. The summed E-state index contributed by atoms with van der Waals surface area (Å²) in [5, 5.41) is 3.71. The zero-order chi connectivity index (χ0) is 27.6. The number of benzene rings is 3. The van der Waals surface area contributed by atoms with Gasteiger partial charge in [0.1, 0.15) is 11.3 Å². The van der Waals surface area contributed by atoms with Gasteiger partial charge in [-0.15, -0.1) is 0 Å². The molecule has 198 valence electrons. The largest absolute Gasteiger partial charge is 0.349 e. The van der Waals surface area contributed by atoms with Gasteiger partial charge in [-0.25, -0.2) is 18.1 Å². The predicted molar refractivity (Wildman–Crippen MR) is 147 cm³/mol. The summed E-state index contributed by atoms with van der Waals surface area (Å²) >= 11 is 0. The molecule has 0 radical (unpaired) electrons. The molecule has 2 heterocycles. The SMILES string of the molecule is CC(C)Cc1nc2cnoc2c(=O)n1Cc1ccc(-c2ccccc2S(=O)(=O)NC(=O)c2ccccc2)cc1. The van der Waals surface area contributed by atoms with Crippen LogP contribution < -0.4 is 10.3 Å². The Hall–Kier alpha value is -4.57. The van der Waals surface area contributed by atoms with Crippen LogP contribution in [0.3, 0.4) is 0 Å². The van der Waals surface area contributed by atoms with Gasteiger partial charge in [-0.1, -0.05) is 79.7 Å². The van der Waals surface area contributed by atoms with Gasteiger partial charge < -0.3 is 4.52 Å². The zero-order valence-corrected chi connectivity index (χ0v) is 22.2. The van der Waals surface area contributed by atoms with Gasteiger partial charge in [0.15, 0.2) is 0 Å². The van der Waals surface area contributed by atoms with E-state index in [0.717, 1.165) is 5.56 Å². The summed E-state index contributed by atoms with van der Waals surface area (Å²) in [6.07, 6.45) is 2.04. The molecular formula is C29H26N4O5S. The summed E-state index contributed by atoms with van der Waals surface area (Å²) in [6.45, 7) is 4.37. The van der Waals surface area contributed by atoms with Crippen molar-refractivity contribution in [2.45, 2.75) is 31.7 Å². The molecule has 0 spiro atoms. The van der Waals surface area contributed by atoms with Gasteiger partial charge in [-0.3, -0.25) is 14.2 Å². The Kier molecular flexibility index (Phi) is 7.12. The maximum atomic E-state index is 13.2. The molecule has 1 N–H and O–H groups in total. The summed E-state index contributed by atoms with van der Waals surface area (Å²) in [5.41, 5.74) is 2.39. The third kappa shape index (κ3) is 5.51. The van der Waals surface area contributed by atoms with Crippen molar-refractivity contribution in [2.24, 2.45) is 5.92 Å². The first-order valence-corrected chi connectivity index (χ1v) is 13.9. The lowest BCUT2D eigenvalue weighted by Crippen LogP contribution is -2.30. The van der Waals surface area contributed by atoms with Crippen LogP contribution >= 0.6 is 0 Å². The Morgan fingerprint density at radius 3 is 2.38 bits per heavy atom. The van der Waals surface area contributed by atoms with Crippen LogP contribution in [0, 0.1) is 5.92 Å². The third-order valence-electron chi connectivity index (χ3n) is 6.19. The normalized spacial score (nSPS) is 11.7. The van der Waals surface area contributed by atoms with Crippen molar-refractivity contribution >= 4 is 27.0 Å². The van der Waals surface area contributed by atoms with Crippen LogP contribution in [0.2, 0.25) is 0 Å². The monoisotopic (exact) mass is 542 g/mol. The van der Waals surface area contributed by atoms with E-state index in [1.165, 1.54) is 12.3 Å². The van der Waals surface area contributed by atoms with Crippen molar-refractivity contribution < 1.29 is 17.7 Å². The smallest absolute Gasteiger partial charge is 0.300 e. The number of sulfonamides is 1. The molecule has 0 saturated heterocycles. The minimum Gasteiger partial charge on any atom is -0.349 e. The van der Waals surface area contributed by atoms with Gasteiger partial charge in [0.2, 0.25) is 5.58 Å². The molecule has 3 aromatic carbocycles. The van der Waals surface area contributed by atoms with Crippen molar-refractivity contribution in [3.05, 3.63) is 112 Å². The highest BCUT2D eigenvalue weighted by Crippen LogP contribution is 2.28. The molecule has 0 aliphatic rings. The van der Waals surface area contributed by atoms with E-state index in [1.54, 1.807) is 65.2 Å². The molecule has 0 atom stereocenters. The second-order valence-electron chi connectivity index (χ2n) is 9.55. The number of hydrogen-bond acceptors (Lipinski definition) is 7. The Morgan fingerprint density at radius 1 is 0.974 bits per heavy atom. The van der Waals surface area contributed by atoms with Crippen LogP contribution in [0.1, 0.15) is 35.6 Å². The summed E-state index contributed by atoms with van der Waals surface area (Å²) in [5.74, 6) is 0.213. The number of carbonyl (C=O) groups is 1. The van der Waals surface area contributed by atoms with Crippen LogP contribution in [-0.2, 0) is 23.0 Å². The summed E-state index contributed by atoms with van der Waals surface area (Å²) in [4.78, 5) is 30.2. The van der Waals surface area contributed by atoms with Gasteiger partial charge in [-0.2, -0.15) is 0 Å². The van der Waals surface area contributed by atoms with Gasteiger partial charge in [0, 0.05) is 17.5 Å². The molecule has 0 aliphatic carbocycles. The molecule has 1 amide bonds. The van der Waals surface area contributed by atoms with Gasteiger partial charge in [0.25, 0.3) is 21.5 Å². The highest BCUT2D eigenvalue weighted by Gasteiger charge is 2.22. The molecule has 0 bridgehead atoms. The maximum Gasteiger partial charge on any atom is 0.300 e. The standard InChI is InChI=1S/C29H26N4O5S/c1-19(2)16-26-31-24-17-30-38-27(24)29(35)33(26)18-20-12-14-21(15-13-20)23-10-6-7-11-25(23)39(36,37)32-28(34)22-8-4-3-5-9-22/h3-15,17,19H,16,18H2,1-2H3,(H,32,34). The number of nitrogens with zero attached hydrogens (tertiary/aromatic N) is 3. The molecule has 5 aromatic rings. The Morgan fingerprint density at radius 2 is 1.67 bits per heavy atom. The minimum atomic E-state index is -4.15. The third-order valence-corrected chi connectivity index (χ3v) is 7.58. The van der Waals surface area contributed by atoms with Crippen LogP contribution in [0.5, 0.6) is 0 Å². The van der Waals surface area contributed by atoms with E-state index in [-0.39, 0.29) is 34.1 Å². The van der Waals surface area contributed by atoms with Crippen molar-refractivity contribution in [2.75, 3.05) is 0 Å². The molecule has 0 unspecified atom stereocenters. The van der Waals surface area contributed by atoms with Crippen LogP contribution in [0.25, 0.3) is 22.2 Å². The Labute approximate surface area is 225 Å².